The molecule has 0 bridgehead atoms. The molecular weight excluding hydrogens is 182 g/mol. The lowest BCUT2D eigenvalue weighted by Gasteiger charge is -1.93. The summed E-state index contributed by atoms with van der Waals surface area (Å²) in [4.78, 5) is 21.0. The van der Waals surface area contributed by atoms with Gasteiger partial charge in [-0.15, -0.1) is 0 Å². The molecule has 0 radical (unpaired) electrons. The van der Waals surface area contributed by atoms with E-state index >= 15 is 0 Å². The molecule has 1 aromatic carbocycles. The number of hydrogen-bond acceptors (Lipinski definition) is 3. The first-order valence-electron chi connectivity index (χ1n) is 3.93. The lowest BCUT2D eigenvalue weighted by atomic mass is 10.2. The van der Waals surface area contributed by atoms with E-state index in [0.29, 0.717) is 0 Å². The van der Waals surface area contributed by atoms with Crippen molar-refractivity contribution in [3.63, 3.8) is 0 Å². The Bertz CT molecular complexity index is 357. The highest BCUT2D eigenvalue weighted by Crippen LogP contribution is 2.00. The van der Waals surface area contributed by atoms with E-state index in [9.17, 15) is 9.59 Å². The average molecular weight is 191 g/mol. The van der Waals surface area contributed by atoms with Crippen molar-refractivity contribution < 1.29 is 14.3 Å². The molecule has 0 saturated carbocycles. The maximum Gasteiger partial charge on any atom is 0.412 e. The van der Waals surface area contributed by atoms with Crippen molar-refractivity contribution in [3.8, 4) is 0 Å². The molecule has 0 aliphatic carbocycles. The number of ether oxygens (including phenoxy) is 1. The van der Waals surface area contributed by atoms with Crippen LogP contribution < -0.4 is 5.73 Å². The molecule has 0 fully saturated rings. The molecule has 1 rings (SSSR count). The van der Waals surface area contributed by atoms with Crippen LogP contribution in [0.15, 0.2) is 36.4 Å². The molecular formula is C10H9NO3. The van der Waals surface area contributed by atoms with Crippen LogP contribution in [0.4, 0.5) is 4.79 Å². The largest absolute Gasteiger partial charge is 0.412 e. The number of carbonyl (C=O) groups is 2. The summed E-state index contributed by atoms with van der Waals surface area (Å²) in [6.45, 7) is 0. The van der Waals surface area contributed by atoms with Crippen molar-refractivity contribution >= 4 is 18.1 Å². The Morgan fingerprint density at radius 2 is 1.86 bits per heavy atom. The normalized spacial score (nSPS) is 10.0. The Morgan fingerprint density at radius 3 is 2.43 bits per heavy atom. The molecule has 0 aromatic heterocycles. The number of carbonyl (C=O) groups excluding carboxylic acids is 2. The zero-order chi connectivity index (χ0) is 10.4. The van der Waals surface area contributed by atoms with Crippen LogP contribution in [0.1, 0.15) is 5.56 Å². The number of amides is 1. The van der Waals surface area contributed by atoms with Gasteiger partial charge in [0.1, 0.15) is 0 Å². The van der Waals surface area contributed by atoms with Crippen molar-refractivity contribution in [1.82, 2.24) is 0 Å². The molecule has 0 spiro atoms. The van der Waals surface area contributed by atoms with Gasteiger partial charge in [-0.25, -0.2) is 9.59 Å². The zero-order valence-corrected chi connectivity index (χ0v) is 7.34. The van der Waals surface area contributed by atoms with Crippen LogP contribution in [0.5, 0.6) is 0 Å². The van der Waals surface area contributed by atoms with Gasteiger partial charge in [-0.2, -0.15) is 0 Å². The zero-order valence-electron chi connectivity index (χ0n) is 7.34. The second kappa shape index (κ2) is 4.81. The SMILES string of the molecule is NC(=O)OC(=O)/C=C/c1ccccc1. The van der Waals surface area contributed by atoms with Gasteiger partial charge in [0.05, 0.1) is 0 Å². The van der Waals surface area contributed by atoms with Crippen molar-refractivity contribution in [3.05, 3.63) is 42.0 Å². The van der Waals surface area contributed by atoms with Crippen molar-refractivity contribution in [2.24, 2.45) is 5.73 Å². The number of esters is 1. The van der Waals surface area contributed by atoms with E-state index in [1.54, 1.807) is 0 Å². The number of hydrogen-bond donors (Lipinski definition) is 1. The summed E-state index contributed by atoms with van der Waals surface area (Å²) < 4.78 is 4.09. The lowest BCUT2D eigenvalue weighted by molar-refractivity contribution is -0.131. The fourth-order valence-corrected chi connectivity index (χ4v) is 0.862. The second-order valence-corrected chi connectivity index (χ2v) is 2.48. The molecule has 14 heavy (non-hydrogen) atoms. The van der Waals surface area contributed by atoms with Crippen molar-refractivity contribution in [2.45, 2.75) is 0 Å². The van der Waals surface area contributed by atoms with E-state index in [2.05, 4.69) is 10.5 Å². The highest BCUT2D eigenvalue weighted by atomic mass is 16.6. The Balaban J connectivity index is 2.56. The average Bonchev–Trinajstić information content (AvgIpc) is 2.15. The Morgan fingerprint density at radius 1 is 1.21 bits per heavy atom. The lowest BCUT2D eigenvalue weighted by Crippen LogP contribution is -2.16. The van der Waals surface area contributed by atoms with Gasteiger partial charge < -0.3 is 10.5 Å². The van der Waals surface area contributed by atoms with E-state index in [1.165, 1.54) is 6.08 Å². The van der Waals surface area contributed by atoms with Gasteiger partial charge in [0, 0.05) is 6.08 Å². The van der Waals surface area contributed by atoms with E-state index in [1.807, 2.05) is 30.3 Å². The van der Waals surface area contributed by atoms with Gasteiger partial charge in [-0.05, 0) is 11.6 Å². The number of nitrogens with two attached hydrogens (primary N) is 1. The summed E-state index contributed by atoms with van der Waals surface area (Å²) in [7, 11) is 0. The van der Waals surface area contributed by atoms with Gasteiger partial charge in [0.25, 0.3) is 0 Å². The molecule has 72 valence electrons. The first-order valence-corrected chi connectivity index (χ1v) is 3.93. The third kappa shape index (κ3) is 3.53. The maximum absolute atomic E-state index is 10.8. The first-order chi connectivity index (χ1) is 6.68. The fraction of sp³-hybridized carbons (Fsp3) is 0. The Kier molecular flexibility index (Phi) is 3.43. The fourth-order valence-electron chi connectivity index (χ4n) is 0.862. The molecule has 1 amide bonds. The molecule has 2 N–H and O–H groups in total. The molecule has 0 atom stereocenters. The van der Waals surface area contributed by atoms with Gasteiger partial charge in [0.15, 0.2) is 0 Å². The Labute approximate surface area is 81.0 Å². The molecule has 4 heteroatoms. The van der Waals surface area contributed by atoms with Gasteiger partial charge in [-0.3, -0.25) is 0 Å². The highest BCUT2D eigenvalue weighted by Gasteiger charge is 2.00. The summed E-state index contributed by atoms with van der Waals surface area (Å²) in [6.07, 6.45) is 1.57. The molecule has 0 aliphatic heterocycles. The summed E-state index contributed by atoms with van der Waals surface area (Å²) in [5.74, 6) is -0.777. The standard InChI is InChI=1S/C10H9NO3/c11-10(13)14-9(12)7-6-8-4-2-1-3-5-8/h1-7H,(H2,11,13)/b7-6+. The van der Waals surface area contributed by atoms with Gasteiger partial charge in [0.2, 0.25) is 0 Å². The molecule has 1 aromatic rings. The van der Waals surface area contributed by atoms with Crippen molar-refractivity contribution in [1.29, 1.82) is 0 Å². The maximum atomic E-state index is 10.8. The molecule has 0 saturated heterocycles. The van der Waals surface area contributed by atoms with Crippen LogP contribution in [0, 0.1) is 0 Å². The Hall–Kier alpha value is -2.10. The highest BCUT2D eigenvalue weighted by molar-refractivity contribution is 5.93. The smallest absolute Gasteiger partial charge is 0.373 e. The van der Waals surface area contributed by atoms with Crippen LogP contribution in [0.3, 0.4) is 0 Å². The van der Waals surface area contributed by atoms with Crippen LogP contribution >= 0.6 is 0 Å². The summed E-state index contributed by atoms with van der Waals surface area (Å²) in [5.41, 5.74) is 5.49. The van der Waals surface area contributed by atoms with Gasteiger partial charge in [-0.1, -0.05) is 30.3 Å². The minimum absolute atomic E-state index is 0.777. The predicted octanol–water partition coefficient (Wildman–Crippen LogP) is 1.32. The summed E-state index contributed by atoms with van der Waals surface area (Å²) in [5, 5.41) is 0. The first kappa shape index (κ1) is 9.98. The quantitative estimate of drug-likeness (QED) is 0.435. The van der Waals surface area contributed by atoms with Crippen LogP contribution in [0.2, 0.25) is 0 Å². The predicted molar refractivity (Wildman–Crippen MR) is 51.2 cm³/mol. The number of primary amides is 1. The molecule has 4 nitrogen and oxygen atoms in total. The second-order valence-electron chi connectivity index (χ2n) is 2.48. The minimum atomic E-state index is -1.10. The van der Waals surface area contributed by atoms with E-state index in [4.69, 9.17) is 0 Å². The summed E-state index contributed by atoms with van der Waals surface area (Å²) in [6, 6.07) is 9.15. The van der Waals surface area contributed by atoms with E-state index in [0.717, 1.165) is 11.6 Å². The van der Waals surface area contributed by atoms with Crippen LogP contribution in [0.25, 0.3) is 6.08 Å². The third-order valence-electron chi connectivity index (χ3n) is 1.41. The van der Waals surface area contributed by atoms with Gasteiger partial charge >= 0.3 is 12.1 Å². The molecule has 0 unspecified atom stereocenters. The van der Waals surface area contributed by atoms with Crippen LogP contribution in [-0.2, 0) is 9.53 Å². The number of benzene rings is 1. The topological polar surface area (TPSA) is 69.4 Å². The minimum Gasteiger partial charge on any atom is -0.373 e. The van der Waals surface area contributed by atoms with E-state index in [-0.39, 0.29) is 0 Å². The third-order valence-corrected chi connectivity index (χ3v) is 1.41. The number of rotatable bonds is 2. The van der Waals surface area contributed by atoms with Crippen LogP contribution in [-0.4, -0.2) is 12.1 Å². The summed E-state index contributed by atoms with van der Waals surface area (Å²) >= 11 is 0. The van der Waals surface area contributed by atoms with Crippen molar-refractivity contribution in [2.75, 3.05) is 0 Å². The monoisotopic (exact) mass is 191 g/mol. The molecule has 0 aliphatic rings. The molecule has 0 heterocycles. The van der Waals surface area contributed by atoms with E-state index < -0.39 is 12.1 Å².